The summed E-state index contributed by atoms with van der Waals surface area (Å²) in [6.07, 6.45) is 0. The minimum atomic E-state index is -3.81. The summed E-state index contributed by atoms with van der Waals surface area (Å²) in [5, 5.41) is 5.14. The van der Waals surface area contributed by atoms with Gasteiger partial charge in [0.05, 0.1) is 16.1 Å². The number of benzene rings is 2. The summed E-state index contributed by atoms with van der Waals surface area (Å²) >= 11 is 12.0. The molecule has 1 fully saturated rings. The number of urea groups is 1. The van der Waals surface area contributed by atoms with E-state index in [4.69, 9.17) is 23.2 Å². The van der Waals surface area contributed by atoms with Gasteiger partial charge in [0.2, 0.25) is 15.9 Å². The number of sulfonamides is 1. The fraction of sp³-hybridized carbons (Fsp3) is 0.333. The third-order valence-electron chi connectivity index (χ3n) is 5.27. The molecule has 8 nitrogen and oxygen atoms in total. The quantitative estimate of drug-likeness (QED) is 0.637. The largest absolute Gasteiger partial charge is 0.334 e. The predicted octanol–water partition coefficient (Wildman–Crippen LogP) is 2.71. The molecule has 3 rings (SSSR count). The smallest absolute Gasteiger partial charge is 0.321 e. The van der Waals surface area contributed by atoms with Crippen LogP contribution in [0.5, 0.6) is 0 Å². The molecule has 0 radical (unpaired) electrons. The number of rotatable bonds is 6. The number of halogens is 2. The summed E-state index contributed by atoms with van der Waals surface area (Å²) in [5.74, 6) is -0.454. The number of imide groups is 1. The number of nitrogens with one attached hydrogen (secondary N) is 2. The third-order valence-corrected chi connectivity index (χ3v) is 8.14. The molecule has 1 saturated heterocycles. The van der Waals surface area contributed by atoms with Gasteiger partial charge in [-0.2, -0.15) is 4.31 Å². The SMILES string of the molecule is CC(C(=O)NC(=O)NCc1ccccc1)N1CCN(S(=O)(=O)c2cccc(Cl)c2Cl)CC1. The monoisotopic (exact) mass is 498 g/mol. The number of piperazine rings is 1. The van der Waals surface area contributed by atoms with Crippen LogP contribution in [0.25, 0.3) is 0 Å². The second-order valence-corrected chi connectivity index (χ2v) is 10.0. The Balaban J connectivity index is 1.52. The van der Waals surface area contributed by atoms with Gasteiger partial charge in [-0.15, -0.1) is 0 Å². The molecule has 2 aromatic rings. The van der Waals surface area contributed by atoms with E-state index >= 15 is 0 Å². The summed E-state index contributed by atoms with van der Waals surface area (Å²) in [4.78, 5) is 26.3. The second kappa shape index (κ2) is 10.6. The van der Waals surface area contributed by atoms with Gasteiger partial charge in [0.15, 0.2) is 0 Å². The molecule has 3 amide bonds. The van der Waals surface area contributed by atoms with Crippen LogP contribution in [0.4, 0.5) is 4.79 Å². The van der Waals surface area contributed by atoms with Crippen LogP contribution in [0, 0.1) is 0 Å². The molecular formula is C21H24Cl2N4O4S. The molecule has 1 heterocycles. The summed E-state index contributed by atoms with van der Waals surface area (Å²) in [7, 11) is -3.81. The van der Waals surface area contributed by atoms with Crippen LogP contribution in [0.1, 0.15) is 12.5 Å². The Morgan fingerprint density at radius 2 is 1.66 bits per heavy atom. The zero-order chi connectivity index (χ0) is 23.3. The Kier molecular flexibility index (Phi) is 8.13. The van der Waals surface area contributed by atoms with Crippen LogP contribution in [-0.4, -0.2) is 61.8 Å². The van der Waals surface area contributed by atoms with E-state index in [0.29, 0.717) is 19.6 Å². The van der Waals surface area contributed by atoms with E-state index < -0.39 is 28.0 Å². The molecule has 2 N–H and O–H groups in total. The van der Waals surface area contributed by atoms with Crippen LogP contribution in [-0.2, 0) is 21.4 Å². The number of carbonyl (C=O) groups is 2. The normalized spacial score (nSPS) is 16.3. The van der Waals surface area contributed by atoms with Gasteiger partial charge >= 0.3 is 6.03 Å². The topological polar surface area (TPSA) is 98.8 Å². The average Bonchev–Trinajstić information content (AvgIpc) is 2.79. The average molecular weight is 499 g/mol. The highest BCUT2D eigenvalue weighted by molar-refractivity contribution is 7.89. The van der Waals surface area contributed by atoms with E-state index in [1.165, 1.54) is 22.5 Å². The first-order valence-electron chi connectivity index (χ1n) is 10.0. The van der Waals surface area contributed by atoms with Crippen LogP contribution in [0.15, 0.2) is 53.4 Å². The zero-order valence-corrected chi connectivity index (χ0v) is 19.8. The standard InChI is InChI=1S/C21H24Cl2N4O4S/c1-15(20(28)25-21(29)24-14-16-6-3-2-4-7-16)26-10-12-27(13-11-26)32(30,31)18-9-5-8-17(22)19(18)23/h2-9,15H,10-14H2,1H3,(H2,24,25,28,29). The maximum atomic E-state index is 12.9. The molecule has 1 aliphatic rings. The molecule has 0 aliphatic carbocycles. The lowest BCUT2D eigenvalue weighted by atomic mass is 10.2. The fourth-order valence-corrected chi connectivity index (χ4v) is 5.52. The van der Waals surface area contributed by atoms with Crippen molar-refractivity contribution in [1.29, 1.82) is 0 Å². The lowest BCUT2D eigenvalue weighted by Gasteiger charge is -2.36. The summed E-state index contributed by atoms with van der Waals surface area (Å²) in [5.41, 5.74) is 0.917. The van der Waals surface area contributed by atoms with E-state index in [2.05, 4.69) is 10.6 Å². The Hall–Kier alpha value is -2.17. The Morgan fingerprint density at radius 1 is 1.00 bits per heavy atom. The van der Waals surface area contributed by atoms with Gasteiger partial charge in [0, 0.05) is 32.7 Å². The molecule has 11 heteroatoms. The van der Waals surface area contributed by atoms with Crippen molar-refractivity contribution < 1.29 is 18.0 Å². The van der Waals surface area contributed by atoms with Crippen molar-refractivity contribution in [3.63, 3.8) is 0 Å². The molecule has 1 unspecified atom stereocenters. The Labute approximate surface area is 197 Å². The maximum Gasteiger partial charge on any atom is 0.321 e. The highest BCUT2D eigenvalue weighted by Gasteiger charge is 2.33. The molecule has 0 bridgehead atoms. The first kappa shape index (κ1) is 24.5. The van der Waals surface area contributed by atoms with Gasteiger partial charge in [-0.05, 0) is 24.6 Å². The first-order chi connectivity index (χ1) is 15.2. The predicted molar refractivity (Wildman–Crippen MR) is 123 cm³/mol. The lowest BCUT2D eigenvalue weighted by molar-refractivity contribution is -0.125. The highest BCUT2D eigenvalue weighted by atomic mass is 35.5. The van der Waals surface area contributed by atoms with Gasteiger partial charge < -0.3 is 5.32 Å². The summed E-state index contributed by atoms with van der Waals surface area (Å²) in [6.45, 7) is 3.01. The van der Waals surface area contributed by atoms with Gasteiger partial charge in [-0.25, -0.2) is 13.2 Å². The molecule has 32 heavy (non-hydrogen) atoms. The molecular weight excluding hydrogens is 475 g/mol. The molecule has 0 spiro atoms. The van der Waals surface area contributed by atoms with Crippen molar-refractivity contribution in [2.75, 3.05) is 26.2 Å². The molecule has 1 aliphatic heterocycles. The van der Waals surface area contributed by atoms with Crippen LogP contribution in [0.2, 0.25) is 10.0 Å². The van der Waals surface area contributed by atoms with Gasteiger partial charge in [0.25, 0.3) is 0 Å². The number of hydrogen-bond acceptors (Lipinski definition) is 5. The van der Waals surface area contributed by atoms with Crippen molar-refractivity contribution in [3.8, 4) is 0 Å². The molecule has 172 valence electrons. The van der Waals surface area contributed by atoms with Gasteiger partial charge in [-0.3, -0.25) is 15.0 Å². The first-order valence-corrected chi connectivity index (χ1v) is 12.2. The molecule has 0 aromatic heterocycles. The highest BCUT2D eigenvalue weighted by Crippen LogP contribution is 2.31. The van der Waals surface area contributed by atoms with Crippen LogP contribution in [0.3, 0.4) is 0 Å². The minimum Gasteiger partial charge on any atom is -0.334 e. The third kappa shape index (κ3) is 5.79. The van der Waals surface area contributed by atoms with E-state index in [-0.39, 0.29) is 28.0 Å². The van der Waals surface area contributed by atoms with Crippen LogP contribution < -0.4 is 10.6 Å². The Bertz CT molecular complexity index is 1070. The zero-order valence-electron chi connectivity index (χ0n) is 17.4. The van der Waals surface area contributed by atoms with Crippen molar-refractivity contribution in [2.45, 2.75) is 24.4 Å². The fourth-order valence-electron chi connectivity index (χ4n) is 3.36. The number of amides is 3. The van der Waals surface area contributed by atoms with Gasteiger partial charge in [0.1, 0.15) is 4.90 Å². The Morgan fingerprint density at radius 3 is 2.31 bits per heavy atom. The van der Waals surface area contributed by atoms with E-state index in [1.807, 2.05) is 35.2 Å². The lowest BCUT2D eigenvalue weighted by Crippen LogP contribution is -2.56. The number of nitrogens with zero attached hydrogens (tertiary/aromatic N) is 2. The van der Waals surface area contributed by atoms with Crippen molar-refractivity contribution in [1.82, 2.24) is 19.8 Å². The van der Waals surface area contributed by atoms with E-state index in [0.717, 1.165) is 5.56 Å². The van der Waals surface area contributed by atoms with Crippen molar-refractivity contribution >= 4 is 45.2 Å². The van der Waals surface area contributed by atoms with Crippen molar-refractivity contribution in [2.24, 2.45) is 0 Å². The minimum absolute atomic E-state index is 0.00847. The van der Waals surface area contributed by atoms with Crippen molar-refractivity contribution in [3.05, 3.63) is 64.1 Å². The maximum absolute atomic E-state index is 12.9. The number of hydrogen-bond donors (Lipinski definition) is 2. The number of carbonyl (C=O) groups excluding carboxylic acids is 2. The summed E-state index contributed by atoms with van der Waals surface area (Å²) in [6, 6.07) is 12.6. The van der Waals surface area contributed by atoms with E-state index in [1.54, 1.807) is 6.92 Å². The van der Waals surface area contributed by atoms with Gasteiger partial charge in [-0.1, -0.05) is 59.6 Å². The molecule has 1 atom stereocenters. The molecule has 2 aromatic carbocycles. The second-order valence-electron chi connectivity index (χ2n) is 7.33. The summed E-state index contributed by atoms with van der Waals surface area (Å²) < 4.78 is 27.2. The van der Waals surface area contributed by atoms with Crippen LogP contribution >= 0.6 is 23.2 Å². The van der Waals surface area contributed by atoms with E-state index in [9.17, 15) is 18.0 Å². The molecule has 0 saturated carbocycles.